The fraction of sp³-hybridized carbons (Fsp3) is 0.286. The largest absolute Gasteiger partial charge is 0.497 e. The van der Waals surface area contributed by atoms with Gasteiger partial charge in [0.05, 0.1) is 13.5 Å². The summed E-state index contributed by atoms with van der Waals surface area (Å²) in [6, 6.07) is 14.5. The van der Waals surface area contributed by atoms with Crippen molar-refractivity contribution >= 4 is 50.8 Å². The maximum atomic E-state index is 12.7. The van der Waals surface area contributed by atoms with Gasteiger partial charge in [-0.25, -0.2) is 0 Å². The predicted molar refractivity (Wildman–Crippen MR) is 120 cm³/mol. The molecule has 1 atom stereocenters. The molecule has 2 aromatic rings. The van der Waals surface area contributed by atoms with E-state index >= 15 is 0 Å². The molecule has 6 nitrogen and oxygen atoms in total. The van der Waals surface area contributed by atoms with Gasteiger partial charge in [-0.15, -0.1) is 0 Å². The van der Waals surface area contributed by atoms with E-state index in [1.165, 1.54) is 4.90 Å². The van der Waals surface area contributed by atoms with E-state index < -0.39 is 6.04 Å². The fourth-order valence-corrected chi connectivity index (χ4v) is 3.80. The number of hydrogen-bond donors (Lipinski definition) is 1. The summed E-state index contributed by atoms with van der Waals surface area (Å²) in [6.07, 6.45) is 0.723. The third-order valence-corrected chi connectivity index (χ3v) is 5.84. The first-order chi connectivity index (χ1) is 13.9. The van der Waals surface area contributed by atoms with Crippen molar-refractivity contribution in [2.75, 3.05) is 26.0 Å². The van der Waals surface area contributed by atoms with E-state index in [2.05, 4.69) is 21.2 Å². The van der Waals surface area contributed by atoms with Crippen LogP contribution < -0.4 is 10.1 Å². The number of rotatable bonds is 7. The highest BCUT2D eigenvalue weighted by Crippen LogP contribution is 2.22. The van der Waals surface area contributed by atoms with Crippen LogP contribution in [0.5, 0.6) is 5.75 Å². The molecule has 1 aliphatic heterocycles. The molecule has 0 aromatic heterocycles. The molecular formula is C21H22BrN3O3S. The predicted octanol–water partition coefficient (Wildman–Crippen LogP) is 3.46. The van der Waals surface area contributed by atoms with Crippen LogP contribution in [-0.4, -0.2) is 53.5 Å². The smallest absolute Gasteiger partial charge is 0.251 e. The Kier molecular flexibility index (Phi) is 6.87. The van der Waals surface area contributed by atoms with Gasteiger partial charge in [0.15, 0.2) is 5.11 Å². The number of amides is 2. The molecular weight excluding hydrogens is 454 g/mol. The quantitative estimate of drug-likeness (QED) is 0.621. The van der Waals surface area contributed by atoms with Crippen LogP contribution in [0.15, 0.2) is 53.0 Å². The molecule has 0 bridgehead atoms. The number of hydrogen-bond acceptors (Lipinski definition) is 4. The summed E-state index contributed by atoms with van der Waals surface area (Å²) in [6.45, 7) is 0.540. The first-order valence-electron chi connectivity index (χ1n) is 9.15. The number of carbonyl (C=O) groups excluding carboxylic acids is 2. The zero-order valence-corrected chi connectivity index (χ0v) is 18.6. The van der Waals surface area contributed by atoms with Gasteiger partial charge in [-0.05, 0) is 60.6 Å². The van der Waals surface area contributed by atoms with Crippen molar-refractivity contribution in [2.45, 2.75) is 18.9 Å². The summed E-state index contributed by atoms with van der Waals surface area (Å²) >= 11 is 8.81. The molecule has 1 heterocycles. The molecule has 8 heteroatoms. The molecule has 2 aromatic carbocycles. The Labute approximate surface area is 183 Å². The van der Waals surface area contributed by atoms with Crippen LogP contribution in [0.2, 0.25) is 0 Å². The van der Waals surface area contributed by atoms with E-state index in [1.54, 1.807) is 26.3 Å². The highest BCUT2D eigenvalue weighted by molar-refractivity contribution is 9.10. The fourth-order valence-electron chi connectivity index (χ4n) is 3.22. The minimum absolute atomic E-state index is 0.0392. The second-order valence-electron chi connectivity index (χ2n) is 6.75. The van der Waals surface area contributed by atoms with Crippen LogP contribution in [0.1, 0.15) is 12.0 Å². The maximum absolute atomic E-state index is 12.7. The minimum Gasteiger partial charge on any atom is -0.497 e. The average molecular weight is 476 g/mol. The van der Waals surface area contributed by atoms with E-state index in [0.29, 0.717) is 23.8 Å². The Balaban J connectivity index is 1.67. The van der Waals surface area contributed by atoms with Gasteiger partial charge < -0.3 is 15.0 Å². The third-order valence-electron chi connectivity index (χ3n) is 4.81. The van der Waals surface area contributed by atoms with Crippen molar-refractivity contribution in [2.24, 2.45) is 0 Å². The van der Waals surface area contributed by atoms with Crippen molar-refractivity contribution in [1.29, 1.82) is 0 Å². The number of carbonyl (C=O) groups is 2. The average Bonchev–Trinajstić information content (AvgIpc) is 2.92. The maximum Gasteiger partial charge on any atom is 0.251 e. The van der Waals surface area contributed by atoms with E-state index in [9.17, 15) is 9.59 Å². The Morgan fingerprint density at radius 1 is 1.24 bits per heavy atom. The highest BCUT2D eigenvalue weighted by atomic mass is 79.9. The normalized spacial score (nSPS) is 16.3. The highest BCUT2D eigenvalue weighted by Gasteiger charge is 2.41. The summed E-state index contributed by atoms with van der Waals surface area (Å²) in [5.74, 6) is 0.395. The molecule has 0 spiro atoms. The van der Waals surface area contributed by atoms with Crippen LogP contribution in [0.25, 0.3) is 0 Å². The molecule has 0 saturated carbocycles. The molecule has 1 N–H and O–H groups in total. The van der Waals surface area contributed by atoms with Crippen molar-refractivity contribution in [3.05, 3.63) is 58.6 Å². The molecule has 29 heavy (non-hydrogen) atoms. The molecule has 2 amide bonds. The number of benzene rings is 2. The second kappa shape index (κ2) is 9.37. The zero-order valence-electron chi connectivity index (χ0n) is 16.2. The van der Waals surface area contributed by atoms with Crippen LogP contribution in [0.3, 0.4) is 0 Å². The van der Waals surface area contributed by atoms with Crippen LogP contribution >= 0.6 is 28.1 Å². The van der Waals surface area contributed by atoms with Gasteiger partial charge in [-0.1, -0.05) is 28.1 Å². The van der Waals surface area contributed by atoms with Gasteiger partial charge in [-0.2, -0.15) is 0 Å². The van der Waals surface area contributed by atoms with E-state index in [0.717, 1.165) is 15.8 Å². The lowest BCUT2D eigenvalue weighted by Crippen LogP contribution is -2.39. The van der Waals surface area contributed by atoms with Gasteiger partial charge in [0.2, 0.25) is 5.91 Å². The molecule has 152 valence electrons. The van der Waals surface area contributed by atoms with Gasteiger partial charge in [0.25, 0.3) is 5.91 Å². The molecule has 0 aliphatic carbocycles. The zero-order chi connectivity index (χ0) is 21.0. The van der Waals surface area contributed by atoms with Crippen LogP contribution in [0.4, 0.5) is 5.69 Å². The molecule has 1 unspecified atom stereocenters. The second-order valence-corrected chi connectivity index (χ2v) is 8.03. The molecule has 0 radical (unpaired) electrons. The van der Waals surface area contributed by atoms with Crippen molar-refractivity contribution in [3.63, 3.8) is 0 Å². The number of thiocarbonyl (C=S) groups is 1. The van der Waals surface area contributed by atoms with Crippen LogP contribution in [-0.2, 0) is 16.0 Å². The summed E-state index contributed by atoms with van der Waals surface area (Å²) in [7, 11) is 3.28. The first kappa shape index (κ1) is 21.3. The van der Waals surface area contributed by atoms with Crippen molar-refractivity contribution < 1.29 is 14.3 Å². The number of methoxy groups -OCH3 is 1. The topological polar surface area (TPSA) is 61.9 Å². The van der Waals surface area contributed by atoms with Gasteiger partial charge >= 0.3 is 0 Å². The minimum atomic E-state index is -0.603. The van der Waals surface area contributed by atoms with Gasteiger partial charge in [0.1, 0.15) is 11.8 Å². The molecule has 1 fully saturated rings. The van der Waals surface area contributed by atoms with E-state index in [4.69, 9.17) is 17.0 Å². The first-order valence-corrected chi connectivity index (χ1v) is 10.4. The monoisotopic (exact) mass is 475 g/mol. The molecule has 1 aliphatic rings. The lowest BCUT2D eigenvalue weighted by Gasteiger charge is -2.23. The Hall–Kier alpha value is -2.45. The van der Waals surface area contributed by atoms with Crippen LogP contribution in [0, 0.1) is 0 Å². The number of nitrogens with zero attached hydrogens (tertiary/aromatic N) is 2. The van der Waals surface area contributed by atoms with E-state index in [1.807, 2.05) is 41.3 Å². The van der Waals surface area contributed by atoms with Crippen molar-refractivity contribution in [3.8, 4) is 5.75 Å². The number of nitrogens with one attached hydrogen (secondary N) is 1. The molecule has 3 rings (SSSR count). The van der Waals surface area contributed by atoms with Crippen molar-refractivity contribution in [1.82, 2.24) is 9.80 Å². The van der Waals surface area contributed by atoms with Gasteiger partial charge in [0, 0.05) is 23.8 Å². The summed E-state index contributed by atoms with van der Waals surface area (Å²) in [5, 5.41) is 3.28. The number of likely N-dealkylation sites (N-methyl/N-ethyl adjacent to an activating group) is 1. The summed E-state index contributed by atoms with van der Waals surface area (Å²) < 4.78 is 6.19. The van der Waals surface area contributed by atoms with Gasteiger partial charge in [-0.3, -0.25) is 14.5 Å². The standard InChI is InChI=1S/C21H22BrN3O3S/c1-24-20(27)18(13-19(26)23-16-8-6-15(22)7-9-16)25(21(24)29)11-10-14-4-3-5-17(12-14)28-2/h3-9,12,18H,10-11,13H2,1-2H3,(H,23,26). The lowest BCUT2D eigenvalue weighted by molar-refractivity contribution is -0.130. The molecule has 1 saturated heterocycles. The SMILES string of the molecule is COc1cccc(CCN2C(=S)N(C)C(=O)C2CC(=O)Nc2ccc(Br)cc2)c1. The Morgan fingerprint density at radius 3 is 2.66 bits per heavy atom. The van der Waals surface area contributed by atoms with E-state index in [-0.39, 0.29) is 18.2 Å². The summed E-state index contributed by atoms with van der Waals surface area (Å²) in [4.78, 5) is 28.5. The number of halogens is 1. The number of ether oxygens (including phenoxy) is 1. The lowest BCUT2D eigenvalue weighted by atomic mass is 10.1. The summed E-state index contributed by atoms with van der Waals surface area (Å²) in [5.41, 5.74) is 1.76. The Morgan fingerprint density at radius 2 is 1.97 bits per heavy atom. The Bertz CT molecular complexity index is 920. The number of anilines is 1. The third kappa shape index (κ3) is 5.13.